The van der Waals surface area contributed by atoms with Crippen molar-refractivity contribution < 1.29 is 15.1 Å². The van der Waals surface area contributed by atoms with Crippen LogP contribution in [0.1, 0.15) is 44.9 Å². The molecule has 108 valence electrons. The van der Waals surface area contributed by atoms with Crippen molar-refractivity contribution in [3.8, 4) is 0 Å². The molecule has 0 unspecified atom stereocenters. The lowest BCUT2D eigenvalue weighted by Gasteiger charge is -2.36. The monoisotopic (exact) mass is 269 g/mol. The Balaban J connectivity index is 2.12. The summed E-state index contributed by atoms with van der Waals surface area (Å²) >= 11 is 0. The van der Waals surface area contributed by atoms with E-state index in [0.29, 0.717) is 19.4 Å². The quantitative estimate of drug-likeness (QED) is 0.295. The number of rotatable bonds is 5. The van der Waals surface area contributed by atoms with E-state index in [0.717, 1.165) is 25.7 Å². The maximum atomic E-state index is 12.7. The minimum atomic E-state index is -0.804. The van der Waals surface area contributed by atoms with Gasteiger partial charge in [-0.2, -0.15) is 0 Å². The van der Waals surface area contributed by atoms with Crippen LogP contribution in [0, 0.1) is 5.41 Å². The smallest absolute Gasteiger partial charge is 0.236 e. The normalized spacial score (nSPS) is 23.1. The van der Waals surface area contributed by atoms with E-state index >= 15 is 0 Å². The Kier molecular flexibility index (Phi) is 4.29. The van der Waals surface area contributed by atoms with Crippen LogP contribution in [0.3, 0.4) is 0 Å². The van der Waals surface area contributed by atoms with Gasteiger partial charge in [0.25, 0.3) is 0 Å². The average Bonchev–Trinajstić information content (AvgIpc) is 3.26. The van der Waals surface area contributed by atoms with E-state index in [1.807, 2.05) is 0 Å². The van der Waals surface area contributed by atoms with Crippen LogP contribution in [0.15, 0.2) is 5.16 Å². The van der Waals surface area contributed by atoms with Crippen LogP contribution in [-0.2, 0) is 4.79 Å². The summed E-state index contributed by atoms with van der Waals surface area (Å²) in [5.41, 5.74) is 4.86. The van der Waals surface area contributed by atoms with Gasteiger partial charge in [0.05, 0.1) is 6.61 Å². The number of amides is 1. The first-order valence-corrected chi connectivity index (χ1v) is 7.05. The van der Waals surface area contributed by atoms with Crippen LogP contribution in [0.2, 0.25) is 0 Å². The third kappa shape index (κ3) is 2.68. The molecule has 0 aromatic heterocycles. The highest BCUT2D eigenvalue weighted by atomic mass is 16.4. The third-order valence-corrected chi connectivity index (χ3v) is 4.37. The van der Waals surface area contributed by atoms with Crippen molar-refractivity contribution in [1.29, 1.82) is 0 Å². The fourth-order valence-electron chi connectivity index (χ4n) is 3.03. The second-order valence-electron chi connectivity index (χ2n) is 5.58. The molecule has 4 N–H and O–H groups in total. The van der Waals surface area contributed by atoms with E-state index < -0.39 is 5.41 Å². The van der Waals surface area contributed by atoms with Crippen molar-refractivity contribution in [3.05, 3.63) is 0 Å². The van der Waals surface area contributed by atoms with E-state index in [-0.39, 0.29) is 24.4 Å². The molecule has 6 heteroatoms. The Hall–Kier alpha value is -1.30. The number of aliphatic hydroxyl groups excluding tert-OH is 1. The summed E-state index contributed by atoms with van der Waals surface area (Å²) in [7, 11) is 0. The Morgan fingerprint density at radius 3 is 2.42 bits per heavy atom. The number of carbonyl (C=O) groups is 1. The fourth-order valence-corrected chi connectivity index (χ4v) is 3.03. The van der Waals surface area contributed by atoms with Gasteiger partial charge in [0, 0.05) is 12.6 Å². The molecule has 0 aromatic rings. The number of hydrogen-bond donors (Lipinski definition) is 3. The molecule has 0 radical (unpaired) electrons. The van der Waals surface area contributed by atoms with Crippen molar-refractivity contribution in [2.75, 3.05) is 13.2 Å². The molecule has 2 saturated carbocycles. The first-order valence-electron chi connectivity index (χ1n) is 7.05. The largest absolute Gasteiger partial charge is 0.409 e. The SMILES string of the molecule is NC(=NO)C1(C(=O)N(CCO)C2CCCCC2)CC1. The first kappa shape index (κ1) is 14.1. The van der Waals surface area contributed by atoms with Crippen LogP contribution >= 0.6 is 0 Å². The fraction of sp³-hybridized carbons (Fsp3) is 0.846. The Morgan fingerprint density at radius 1 is 1.32 bits per heavy atom. The molecule has 0 aromatic carbocycles. The second-order valence-corrected chi connectivity index (χ2v) is 5.58. The number of nitrogens with zero attached hydrogens (tertiary/aromatic N) is 2. The molecule has 2 aliphatic carbocycles. The molecule has 2 rings (SSSR count). The molecule has 0 saturated heterocycles. The topological polar surface area (TPSA) is 99.2 Å². The summed E-state index contributed by atoms with van der Waals surface area (Å²) in [5, 5.41) is 21.0. The summed E-state index contributed by atoms with van der Waals surface area (Å²) in [5.74, 6) is -0.0694. The summed E-state index contributed by atoms with van der Waals surface area (Å²) < 4.78 is 0. The maximum Gasteiger partial charge on any atom is 0.236 e. The van der Waals surface area contributed by atoms with Crippen molar-refractivity contribution in [1.82, 2.24) is 4.90 Å². The van der Waals surface area contributed by atoms with Crippen LogP contribution < -0.4 is 5.73 Å². The van der Waals surface area contributed by atoms with E-state index in [1.54, 1.807) is 4.90 Å². The minimum Gasteiger partial charge on any atom is -0.409 e. The number of carbonyl (C=O) groups excluding carboxylic acids is 1. The van der Waals surface area contributed by atoms with Crippen molar-refractivity contribution >= 4 is 11.7 Å². The third-order valence-electron chi connectivity index (χ3n) is 4.37. The summed E-state index contributed by atoms with van der Waals surface area (Å²) in [6.07, 6.45) is 6.69. The number of nitrogens with two attached hydrogens (primary N) is 1. The molecule has 0 atom stereocenters. The first-order chi connectivity index (χ1) is 9.15. The minimum absolute atomic E-state index is 0.0104. The van der Waals surface area contributed by atoms with Crippen LogP contribution in [0.25, 0.3) is 0 Å². The van der Waals surface area contributed by atoms with Gasteiger partial charge in [0.15, 0.2) is 5.84 Å². The zero-order valence-electron chi connectivity index (χ0n) is 11.2. The highest BCUT2D eigenvalue weighted by Gasteiger charge is 2.56. The lowest BCUT2D eigenvalue weighted by molar-refractivity contribution is -0.138. The molecule has 2 aliphatic rings. The van der Waals surface area contributed by atoms with Crippen LogP contribution in [0.4, 0.5) is 0 Å². The standard InChI is InChI=1S/C13H23N3O3/c14-11(15-19)13(6-7-13)12(18)16(8-9-17)10-4-2-1-3-5-10/h10,17,19H,1-9H2,(H2,14,15). The number of amidine groups is 1. The maximum absolute atomic E-state index is 12.7. The van der Waals surface area contributed by atoms with Gasteiger partial charge in [-0.3, -0.25) is 4.79 Å². The van der Waals surface area contributed by atoms with Crippen molar-refractivity contribution in [3.63, 3.8) is 0 Å². The lowest BCUT2D eigenvalue weighted by Crippen LogP contribution is -2.49. The Bertz CT molecular complexity index is 360. The van der Waals surface area contributed by atoms with Gasteiger partial charge in [-0.15, -0.1) is 0 Å². The summed E-state index contributed by atoms with van der Waals surface area (Å²) in [4.78, 5) is 14.4. The average molecular weight is 269 g/mol. The molecular formula is C13H23N3O3. The highest BCUT2D eigenvalue weighted by molar-refractivity contribution is 6.09. The predicted octanol–water partition coefficient (Wildman–Crippen LogP) is 0.667. The van der Waals surface area contributed by atoms with Gasteiger partial charge in [-0.05, 0) is 25.7 Å². The van der Waals surface area contributed by atoms with Gasteiger partial charge in [0.2, 0.25) is 5.91 Å². The van der Waals surface area contributed by atoms with Gasteiger partial charge >= 0.3 is 0 Å². The zero-order chi connectivity index (χ0) is 13.9. The predicted molar refractivity (Wildman–Crippen MR) is 70.7 cm³/mol. The molecule has 0 spiro atoms. The van der Waals surface area contributed by atoms with E-state index in [4.69, 9.17) is 10.9 Å². The number of hydrogen-bond acceptors (Lipinski definition) is 4. The molecule has 6 nitrogen and oxygen atoms in total. The van der Waals surface area contributed by atoms with E-state index in [2.05, 4.69) is 5.16 Å². The number of aliphatic hydroxyl groups is 1. The van der Waals surface area contributed by atoms with Gasteiger partial charge < -0.3 is 20.9 Å². The summed E-state index contributed by atoms with van der Waals surface area (Å²) in [6.45, 7) is 0.290. The molecule has 2 fully saturated rings. The van der Waals surface area contributed by atoms with Crippen molar-refractivity contribution in [2.45, 2.75) is 51.0 Å². The van der Waals surface area contributed by atoms with Gasteiger partial charge in [0.1, 0.15) is 5.41 Å². The second kappa shape index (κ2) is 5.77. The van der Waals surface area contributed by atoms with E-state index in [9.17, 15) is 9.90 Å². The molecule has 0 bridgehead atoms. The van der Waals surface area contributed by atoms with Gasteiger partial charge in [-0.25, -0.2) is 0 Å². The molecule has 1 amide bonds. The lowest BCUT2D eigenvalue weighted by atomic mass is 9.92. The van der Waals surface area contributed by atoms with Crippen molar-refractivity contribution in [2.24, 2.45) is 16.3 Å². The van der Waals surface area contributed by atoms with E-state index in [1.165, 1.54) is 6.42 Å². The molecular weight excluding hydrogens is 246 g/mol. The zero-order valence-corrected chi connectivity index (χ0v) is 11.2. The van der Waals surface area contributed by atoms with Gasteiger partial charge in [-0.1, -0.05) is 24.4 Å². The molecule has 0 aliphatic heterocycles. The Morgan fingerprint density at radius 2 is 1.95 bits per heavy atom. The molecule has 0 heterocycles. The molecule has 19 heavy (non-hydrogen) atoms. The highest BCUT2D eigenvalue weighted by Crippen LogP contribution is 2.48. The number of oxime groups is 1. The van der Waals surface area contributed by atoms with Crippen LogP contribution in [-0.4, -0.2) is 46.1 Å². The Labute approximate surface area is 113 Å². The van der Waals surface area contributed by atoms with Crippen LogP contribution in [0.5, 0.6) is 0 Å². The summed E-state index contributed by atoms with van der Waals surface area (Å²) in [6, 6.07) is 0.192.